The predicted molar refractivity (Wildman–Crippen MR) is 128 cm³/mol. The van der Waals surface area contributed by atoms with Crippen molar-refractivity contribution in [2.24, 2.45) is 0 Å². The van der Waals surface area contributed by atoms with E-state index in [1.165, 1.54) is 11.8 Å². The van der Waals surface area contributed by atoms with Gasteiger partial charge in [-0.1, -0.05) is 58.7 Å². The van der Waals surface area contributed by atoms with E-state index in [0.29, 0.717) is 38.8 Å². The van der Waals surface area contributed by atoms with Crippen molar-refractivity contribution >= 4 is 52.5 Å². The highest BCUT2D eigenvalue weighted by atomic mass is 35.5. The highest BCUT2D eigenvalue weighted by Crippen LogP contribution is 2.23. The molecule has 1 aromatic heterocycles. The molecule has 10 heteroatoms. The van der Waals surface area contributed by atoms with Crippen LogP contribution in [0.4, 0.5) is 5.69 Å². The van der Waals surface area contributed by atoms with Gasteiger partial charge in [-0.05, 0) is 37.3 Å². The third-order valence-corrected chi connectivity index (χ3v) is 5.71. The van der Waals surface area contributed by atoms with Crippen molar-refractivity contribution in [2.75, 3.05) is 11.1 Å². The average molecular weight is 490 g/mol. The first-order valence-electron chi connectivity index (χ1n) is 9.62. The average Bonchev–Trinajstić information content (AvgIpc) is 3.12. The van der Waals surface area contributed by atoms with E-state index in [9.17, 15) is 9.59 Å². The number of aryl methyl sites for hydroxylation is 1. The van der Waals surface area contributed by atoms with Crippen LogP contribution in [0.1, 0.15) is 21.7 Å². The number of hydrogen-bond acceptors (Lipinski definition) is 5. The lowest BCUT2D eigenvalue weighted by Crippen LogP contribution is -2.24. The highest BCUT2D eigenvalue weighted by Gasteiger charge is 2.15. The molecule has 166 valence electrons. The molecule has 0 bridgehead atoms. The number of allylic oxidation sites excluding steroid dienone is 1. The van der Waals surface area contributed by atoms with Crippen molar-refractivity contribution in [3.05, 3.63) is 82.1 Å². The van der Waals surface area contributed by atoms with Gasteiger partial charge in [-0.15, -0.1) is 16.8 Å². The van der Waals surface area contributed by atoms with Gasteiger partial charge in [-0.2, -0.15) is 0 Å². The van der Waals surface area contributed by atoms with Crippen LogP contribution >= 0.6 is 35.0 Å². The van der Waals surface area contributed by atoms with Crippen LogP contribution in [-0.2, 0) is 17.9 Å². The molecule has 3 rings (SSSR count). The lowest BCUT2D eigenvalue weighted by Gasteiger charge is -2.09. The summed E-state index contributed by atoms with van der Waals surface area (Å²) in [6, 6.07) is 12.1. The van der Waals surface area contributed by atoms with Crippen LogP contribution in [0.2, 0.25) is 10.0 Å². The first kappa shape index (κ1) is 23.8. The monoisotopic (exact) mass is 489 g/mol. The summed E-state index contributed by atoms with van der Waals surface area (Å²) in [5.74, 6) is 0.229. The van der Waals surface area contributed by atoms with Crippen LogP contribution in [0.5, 0.6) is 0 Å². The Morgan fingerprint density at radius 1 is 1.12 bits per heavy atom. The van der Waals surface area contributed by atoms with Crippen LogP contribution in [0.25, 0.3) is 0 Å². The molecule has 3 aromatic rings. The fraction of sp³-hybridized carbons (Fsp3) is 0.182. The maximum Gasteiger partial charge on any atom is 0.251 e. The molecular formula is C22H21Cl2N5O2S. The number of benzene rings is 2. The van der Waals surface area contributed by atoms with Crippen LogP contribution in [-0.4, -0.2) is 32.3 Å². The van der Waals surface area contributed by atoms with Gasteiger partial charge in [0.1, 0.15) is 0 Å². The summed E-state index contributed by atoms with van der Waals surface area (Å²) < 4.78 is 1.80. The van der Waals surface area contributed by atoms with E-state index in [1.807, 2.05) is 19.1 Å². The molecule has 0 radical (unpaired) electrons. The second-order valence-corrected chi connectivity index (χ2v) is 8.66. The summed E-state index contributed by atoms with van der Waals surface area (Å²) in [5.41, 5.74) is 2.16. The molecule has 0 atom stereocenters. The topological polar surface area (TPSA) is 88.9 Å². The summed E-state index contributed by atoms with van der Waals surface area (Å²) in [5, 5.41) is 15.3. The first-order chi connectivity index (χ1) is 15.4. The Labute approximate surface area is 200 Å². The number of thioether (sulfide) groups is 1. The fourth-order valence-corrected chi connectivity index (χ4v) is 4.08. The van der Waals surface area contributed by atoms with Gasteiger partial charge < -0.3 is 15.2 Å². The minimum absolute atomic E-state index is 0.106. The molecule has 0 spiro atoms. The molecule has 0 aliphatic heterocycles. The molecule has 0 saturated carbocycles. The molecule has 0 aliphatic carbocycles. The quantitative estimate of drug-likeness (QED) is 0.334. The SMILES string of the molecule is C=CCn1c(CNC(=O)c2ccc(C)cc2)nnc1SCC(=O)Nc1cc(Cl)cc(Cl)c1. The zero-order valence-electron chi connectivity index (χ0n) is 17.3. The molecule has 0 aliphatic rings. The number of anilines is 1. The largest absolute Gasteiger partial charge is 0.345 e. The Morgan fingerprint density at radius 3 is 2.47 bits per heavy atom. The normalized spacial score (nSPS) is 10.6. The zero-order valence-corrected chi connectivity index (χ0v) is 19.6. The summed E-state index contributed by atoms with van der Waals surface area (Å²) >= 11 is 13.1. The van der Waals surface area contributed by atoms with Crippen molar-refractivity contribution < 1.29 is 9.59 Å². The van der Waals surface area contributed by atoms with E-state index in [-0.39, 0.29) is 24.1 Å². The van der Waals surface area contributed by atoms with E-state index in [2.05, 4.69) is 27.4 Å². The Balaban J connectivity index is 1.61. The van der Waals surface area contributed by atoms with E-state index >= 15 is 0 Å². The number of carbonyl (C=O) groups excluding carboxylic acids is 2. The third-order valence-electron chi connectivity index (χ3n) is 4.30. The van der Waals surface area contributed by atoms with Crippen molar-refractivity contribution in [2.45, 2.75) is 25.2 Å². The standard InChI is InChI=1S/C22H21Cl2N5O2S/c1-3-8-29-19(12-25-21(31)15-6-4-14(2)5-7-15)27-28-22(29)32-13-20(30)26-18-10-16(23)9-17(24)11-18/h3-7,9-11H,1,8,12-13H2,2H3,(H,25,31)(H,26,30). The van der Waals surface area contributed by atoms with Crippen LogP contribution < -0.4 is 10.6 Å². The highest BCUT2D eigenvalue weighted by molar-refractivity contribution is 7.99. The zero-order chi connectivity index (χ0) is 23.1. The van der Waals surface area contributed by atoms with Crippen LogP contribution in [0.3, 0.4) is 0 Å². The van der Waals surface area contributed by atoms with E-state index in [1.54, 1.807) is 41.0 Å². The van der Waals surface area contributed by atoms with E-state index in [4.69, 9.17) is 23.2 Å². The van der Waals surface area contributed by atoms with Gasteiger partial charge in [0.25, 0.3) is 5.91 Å². The maximum absolute atomic E-state index is 12.4. The number of aromatic nitrogens is 3. The van der Waals surface area contributed by atoms with Gasteiger partial charge in [0, 0.05) is 27.8 Å². The van der Waals surface area contributed by atoms with E-state index in [0.717, 1.165) is 5.56 Å². The Morgan fingerprint density at radius 2 is 1.81 bits per heavy atom. The Kier molecular flexibility index (Phi) is 8.33. The second kappa shape index (κ2) is 11.2. The summed E-state index contributed by atoms with van der Waals surface area (Å²) in [6.45, 7) is 6.36. The molecule has 0 saturated heterocycles. The van der Waals surface area contributed by atoms with Crippen LogP contribution in [0.15, 0.2) is 60.3 Å². The van der Waals surface area contributed by atoms with Gasteiger partial charge in [-0.3, -0.25) is 9.59 Å². The summed E-state index contributed by atoms with van der Waals surface area (Å²) in [7, 11) is 0. The number of nitrogens with one attached hydrogen (secondary N) is 2. The van der Waals surface area contributed by atoms with Gasteiger partial charge >= 0.3 is 0 Å². The lowest BCUT2D eigenvalue weighted by atomic mass is 10.1. The fourth-order valence-electron chi connectivity index (χ4n) is 2.79. The number of hydrogen-bond donors (Lipinski definition) is 2. The molecule has 2 N–H and O–H groups in total. The smallest absolute Gasteiger partial charge is 0.251 e. The lowest BCUT2D eigenvalue weighted by molar-refractivity contribution is -0.113. The molecule has 0 fully saturated rings. The Bertz CT molecular complexity index is 1110. The minimum atomic E-state index is -0.240. The van der Waals surface area contributed by atoms with Crippen molar-refractivity contribution in [1.29, 1.82) is 0 Å². The minimum Gasteiger partial charge on any atom is -0.345 e. The molecule has 2 aromatic carbocycles. The number of rotatable bonds is 9. The van der Waals surface area contributed by atoms with Gasteiger partial charge in [-0.25, -0.2) is 0 Å². The first-order valence-corrected chi connectivity index (χ1v) is 11.4. The van der Waals surface area contributed by atoms with E-state index < -0.39 is 0 Å². The number of halogens is 2. The number of carbonyl (C=O) groups is 2. The van der Waals surface area contributed by atoms with Gasteiger partial charge in [0.2, 0.25) is 5.91 Å². The number of amides is 2. The van der Waals surface area contributed by atoms with Crippen molar-refractivity contribution in [3.63, 3.8) is 0 Å². The molecule has 1 heterocycles. The maximum atomic E-state index is 12.4. The van der Waals surface area contributed by atoms with Gasteiger partial charge in [0.15, 0.2) is 11.0 Å². The molecule has 7 nitrogen and oxygen atoms in total. The molecule has 0 unspecified atom stereocenters. The molecular weight excluding hydrogens is 469 g/mol. The van der Waals surface area contributed by atoms with Crippen LogP contribution in [0, 0.1) is 6.92 Å². The van der Waals surface area contributed by atoms with Gasteiger partial charge in [0.05, 0.1) is 12.3 Å². The second-order valence-electron chi connectivity index (χ2n) is 6.84. The molecule has 2 amide bonds. The molecule has 32 heavy (non-hydrogen) atoms. The number of nitrogens with zero attached hydrogens (tertiary/aromatic N) is 3. The summed E-state index contributed by atoms with van der Waals surface area (Å²) in [6.07, 6.45) is 1.70. The van der Waals surface area contributed by atoms with Crippen molar-refractivity contribution in [3.8, 4) is 0 Å². The van der Waals surface area contributed by atoms with Crippen molar-refractivity contribution in [1.82, 2.24) is 20.1 Å². The third kappa shape index (κ3) is 6.59. The Hall–Kier alpha value is -2.81. The predicted octanol–water partition coefficient (Wildman–Crippen LogP) is 4.74. The summed E-state index contributed by atoms with van der Waals surface area (Å²) in [4.78, 5) is 24.7.